The molecule has 2 heterocycles. The van der Waals surface area contributed by atoms with Gasteiger partial charge in [0.1, 0.15) is 13.2 Å². The molecule has 0 aromatic heterocycles. The van der Waals surface area contributed by atoms with Crippen molar-refractivity contribution in [1.82, 2.24) is 0 Å². The summed E-state index contributed by atoms with van der Waals surface area (Å²) in [5.41, 5.74) is 0. The maximum atomic E-state index is 5.50. The van der Waals surface area contributed by atoms with Crippen molar-refractivity contribution in [3.05, 3.63) is 0 Å². The highest BCUT2D eigenvalue weighted by Gasteiger charge is 2.14. The molecule has 20 heavy (non-hydrogen) atoms. The summed E-state index contributed by atoms with van der Waals surface area (Å²) in [6.45, 7) is 5.76. The maximum absolute atomic E-state index is 5.50. The molecule has 4 heteroatoms. The molecule has 0 bridgehead atoms. The largest absolute Gasteiger partial charge is 0.479 e. The van der Waals surface area contributed by atoms with Gasteiger partial charge in [0.2, 0.25) is 0 Å². The van der Waals surface area contributed by atoms with Crippen LogP contribution in [-0.4, -0.2) is 37.1 Å². The maximum Gasteiger partial charge on any atom is 0.183 e. The number of hydrogen-bond acceptors (Lipinski definition) is 4. The van der Waals surface area contributed by atoms with Crippen molar-refractivity contribution < 1.29 is 9.47 Å². The summed E-state index contributed by atoms with van der Waals surface area (Å²) in [6.07, 6.45) is 9.65. The van der Waals surface area contributed by atoms with E-state index in [9.17, 15) is 0 Å². The Hall–Kier alpha value is -1.06. The van der Waals surface area contributed by atoms with Crippen LogP contribution in [0.25, 0.3) is 0 Å². The minimum Gasteiger partial charge on any atom is -0.479 e. The third kappa shape index (κ3) is 5.51. The van der Waals surface area contributed by atoms with Gasteiger partial charge < -0.3 is 9.47 Å². The molecule has 0 aliphatic carbocycles. The van der Waals surface area contributed by atoms with Crippen LogP contribution < -0.4 is 0 Å². The summed E-state index contributed by atoms with van der Waals surface area (Å²) in [7, 11) is 0. The minimum absolute atomic E-state index is 0.369. The summed E-state index contributed by atoms with van der Waals surface area (Å²) in [5.74, 6) is 1.95. The number of ether oxygens (including phenoxy) is 2. The van der Waals surface area contributed by atoms with Crippen molar-refractivity contribution in [2.45, 2.75) is 77.3 Å². The number of nitrogens with zero attached hydrogens (tertiary/aromatic N) is 2. The fraction of sp³-hybridized carbons (Fsp3) is 0.875. The van der Waals surface area contributed by atoms with E-state index in [1.165, 1.54) is 38.5 Å². The van der Waals surface area contributed by atoms with Crippen LogP contribution in [0.1, 0.15) is 65.2 Å². The van der Waals surface area contributed by atoms with E-state index in [2.05, 4.69) is 23.8 Å². The van der Waals surface area contributed by atoms with Gasteiger partial charge in [-0.05, 0) is 26.7 Å². The molecule has 4 nitrogen and oxygen atoms in total. The Kier molecular flexibility index (Phi) is 6.34. The van der Waals surface area contributed by atoms with Gasteiger partial charge in [0, 0.05) is 12.8 Å². The van der Waals surface area contributed by atoms with E-state index in [-0.39, 0.29) is 0 Å². The van der Waals surface area contributed by atoms with E-state index in [1.807, 2.05) is 0 Å². The van der Waals surface area contributed by atoms with Crippen LogP contribution in [0.3, 0.4) is 0 Å². The second kappa shape index (κ2) is 8.28. The summed E-state index contributed by atoms with van der Waals surface area (Å²) < 4.78 is 11.0. The van der Waals surface area contributed by atoms with E-state index in [0.29, 0.717) is 12.1 Å². The molecule has 0 fully saturated rings. The number of hydrogen-bond donors (Lipinski definition) is 0. The van der Waals surface area contributed by atoms with Gasteiger partial charge in [0.05, 0.1) is 12.1 Å². The average molecular weight is 280 g/mol. The van der Waals surface area contributed by atoms with Gasteiger partial charge in [-0.2, -0.15) is 0 Å². The van der Waals surface area contributed by atoms with Crippen LogP contribution in [0.2, 0.25) is 0 Å². The first-order valence-corrected chi connectivity index (χ1v) is 8.13. The van der Waals surface area contributed by atoms with E-state index in [1.54, 1.807) is 0 Å². The molecular weight excluding hydrogens is 252 g/mol. The van der Waals surface area contributed by atoms with Gasteiger partial charge in [0.15, 0.2) is 11.8 Å². The topological polar surface area (TPSA) is 43.2 Å². The molecule has 0 amide bonds. The van der Waals surface area contributed by atoms with Crippen molar-refractivity contribution in [3.63, 3.8) is 0 Å². The van der Waals surface area contributed by atoms with E-state index in [4.69, 9.17) is 9.47 Å². The molecular formula is C16H28N2O2. The van der Waals surface area contributed by atoms with Crippen LogP contribution >= 0.6 is 0 Å². The van der Waals surface area contributed by atoms with Crippen molar-refractivity contribution >= 4 is 11.8 Å². The molecule has 0 aromatic carbocycles. The highest BCUT2D eigenvalue weighted by molar-refractivity contribution is 5.77. The summed E-state index contributed by atoms with van der Waals surface area (Å²) in [5, 5.41) is 0. The molecule has 2 aliphatic heterocycles. The van der Waals surface area contributed by atoms with Crippen LogP contribution in [0.4, 0.5) is 0 Å². The molecule has 2 unspecified atom stereocenters. The zero-order chi connectivity index (χ0) is 14.2. The van der Waals surface area contributed by atoms with E-state index in [0.717, 1.165) is 37.9 Å². The third-order valence-electron chi connectivity index (χ3n) is 3.74. The first kappa shape index (κ1) is 15.3. The van der Waals surface area contributed by atoms with Crippen molar-refractivity contribution in [2.75, 3.05) is 13.2 Å². The Bertz CT molecular complexity index is 318. The second-order valence-electron chi connectivity index (χ2n) is 5.99. The first-order chi connectivity index (χ1) is 9.74. The average Bonchev–Trinajstić information content (AvgIpc) is 3.02. The zero-order valence-electron chi connectivity index (χ0n) is 12.9. The van der Waals surface area contributed by atoms with Crippen LogP contribution in [0, 0.1) is 0 Å². The van der Waals surface area contributed by atoms with Crippen molar-refractivity contribution in [1.29, 1.82) is 0 Å². The predicted molar refractivity (Wildman–Crippen MR) is 82.6 cm³/mol. The molecule has 114 valence electrons. The van der Waals surface area contributed by atoms with Gasteiger partial charge in [-0.15, -0.1) is 0 Å². The smallest absolute Gasteiger partial charge is 0.183 e. The van der Waals surface area contributed by atoms with Crippen LogP contribution in [0.15, 0.2) is 9.98 Å². The van der Waals surface area contributed by atoms with Crippen molar-refractivity contribution in [2.24, 2.45) is 9.98 Å². The summed E-state index contributed by atoms with van der Waals surface area (Å²) >= 11 is 0. The molecule has 0 saturated heterocycles. The third-order valence-corrected chi connectivity index (χ3v) is 3.74. The number of unbranched alkanes of at least 4 members (excludes halogenated alkanes) is 5. The lowest BCUT2D eigenvalue weighted by Gasteiger charge is -2.03. The second-order valence-corrected chi connectivity index (χ2v) is 5.99. The predicted octanol–water partition coefficient (Wildman–Crippen LogP) is 3.74. The van der Waals surface area contributed by atoms with E-state index >= 15 is 0 Å². The van der Waals surface area contributed by atoms with Crippen LogP contribution in [-0.2, 0) is 9.47 Å². The number of rotatable bonds is 9. The van der Waals surface area contributed by atoms with Gasteiger partial charge in [0.25, 0.3) is 0 Å². The van der Waals surface area contributed by atoms with Crippen LogP contribution in [0.5, 0.6) is 0 Å². The highest BCUT2D eigenvalue weighted by Crippen LogP contribution is 2.14. The molecule has 2 rings (SSSR count). The SMILES string of the molecule is CC1COC(CCCCCCCCC2=NC(C)CO2)=N1. The Labute approximate surface area is 122 Å². The molecule has 0 N–H and O–H groups in total. The Morgan fingerprint density at radius 2 is 1.15 bits per heavy atom. The summed E-state index contributed by atoms with van der Waals surface area (Å²) in [6, 6.07) is 0.738. The number of aliphatic imine (C=N–C) groups is 2. The standard InChI is InChI=1S/C16H28N2O2/c1-13-11-19-15(17-13)9-7-5-3-4-6-8-10-16-18-14(2)12-20-16/h13-14H,3-12H2,1-2H3. The minimum atomic E-state index is 0.369. The fourth-order valence-electron chi connectivity index (χ4n) is 2.61. The Balaban J connectivity index is 1.39. The van der Waals surface area contributed by atoms with E-state index < -0.39 is 0 Å². The van der Waals surface area contributed by atoms with Gasteiger partial charge >= 0.3 is 0 Å². The van der Waals surface area contributed by atoms with Gasteiger partial charge in [-0.1, -0.05) is 25.7 Å². The van der Waals surface area contributed by atoms with Gasteiger partial charge in [-0.25, -0.2) is 9.98 Å². The van der Waals surface area contributed by atoms with Gasteiger partial charge in [-0.3, -0.25) is 0 Å². The molecule has 0 spiro atoms. The molecule has 0 radical (unpaired) electrons. The zero-order valence-corrected chi connectivity index (χ0v) is 12.9. The highest BCUT2D eigenvalue weighted by atomic mass is 16.5. The Morgan fingerprint density at radius 3 is 1.50 bits per heavy atom. The lowest BCUT2D eigenvalue weighted by molar-refractivity contribution is 0.313. The Morgan fingerprint density at radius 1 is 0.750 bits per heavy atom. The lowest BCUT2D eigenvalue weighted by Crippen LogP contribution is -2.00. The van der Waals surface area contributed by atoms with Crippen molar-refractivity contribution in [3.8, 4) is 0 Å². The first-order valence-electron chi connectivity index (χ1n) is 8.13. The lowest BCUT2D eigenvalue weighted by atomic mass is 10.1. The summed E-state index contributed by atoms with van der Waals surface area (Å²) in [4.78, 5) is 8.91. The molecule has 2 atom stereocenters. The quantitative estimate of drug-likeness (QED) is 0.604. The fourth-order valence-corrected chi connectivity index (χ4v) is 2.61. The molecule has 0 saturated carbocycles. The normalized spacial score (nSPS) is 25.1. The molecule has 0 aromatic rings. The molecule has 2 aliphatic rings. The monoisotopic (exact) mass is 280 g/mol.